The molecular formula is C29H43NO10. The Hall–Kier alpha value is -3.34. The molecule has 2 N–H and O–H groups in total. The maximum Gasteiger partial charge on any atom is 0.513 e. The van der Waals surface area contributed by atoms with Crippen molar-refractivity contribution in [1.29, 1.82) is 0 Å². The number of esters is 2. The van der Waals surface area contributed by atoms with Crippen LogP contribution in [0.1, 0.15) is 84.1 Å². The van der Waals surface area contributed by atoms with Crippen molar-refractivity contribution in [2.45, 2.75) is 97.1 Å². The average molecular weight is 566 g/mol. The molecule has 0 spiro atoms. The van der Waals surface area contributed by atoms with Gasteiger partial charge < -0.3 is 34.2 Å². The van der Waals surface area contributed by atoms with Gasteiger partial charge in [-0.1, -0.05) is 52.0 Å². The van der Waals surface area contributed by atoms with Crippen LogP contribution >= 0.6 is 0 Å². The van der Waals surface area contributed by atoms with Crippen LogP contribution in [0.5, 0.6) is 11.5 Å². The molecule has 1 fully saturated rings. The predicted molar refractivity (Wildman–Crippen MR) is 145 cm³/mol. The predicted octanol–water partition coefficient (Wildman–Crippen LogP) is 5.24. The molecule has 0 bridgehead atoms. The van der Waals surface area contributed by atoms with Gasteiger partial charge in [0, 0.05) is 0 Å². The molecule has 11 heteroatoms. The summed E-state index contributed by atoms with van der Waals surface area (Å²) in [5, 5.41) is 0. The van der Waals surface area contributed by atoms with Gasteiger partial charge in [-0.25, -0.2) is 9.59 Å². The van der Waals surface area contributed by atoms with Gasteiger partial charge in [0.05, 0.1) is 19.1 Å². The molecule has 0 aromatic heterocycles. The Kier molecular flexibility index (Phi) is 14.9. The minimum absolute atomic E-state index is 0.0392. The van der Waals surface area contributed by atoms with E-state index in [1.807, 2.05) is 13.8 Å². The van der Waals surface area contributed by atoms with Gasteiger partial charge in [-0.2, -0.15) is 0 Å². The third-order valence-electron chi connectivity index (χ3n) is 6.30. The Bertz CT molecular complexity index is 960. The van der Waals surface area contributed by atoms with Gasteiger partial charge in [-0.15, -0.1) is 0 Å². The van der Waals surface area contributed by atoms with Crippen LogP contribution in [-0.2, 0) is 35.0 Å². The number of benzene rings is 1. The van der Waals surface area contributed by atoms with E-state index in [4.69, 9.17) is 34.2 Å². The molecule has 11 nitrogen and oxygen atoms in total. The first-order valence-electron chi connectivity index (χ1n) is 14.2. The number of rotatable bonds is 15. The first-order chi connectivity index (χ1) is 19.2. The fourth-order valence-electron chi connectivity index (χ4n) is 3.99. The standard InChI is InChI=1S/C29H43NO10/c1-4-6-15-35-28(33)39-24-14-13-21(18-25(24)40-29(34)36-16-7-5-2)17-23(30)27(32)37-19-20(3)38-26(31)22-11-9-8-10-12-22/h13-14,18,20,22-23H,4-12,15-17,19,30H2,1-3H3/t20-,23-/m0/s1. The lowest BCUT2D eigenvalue weighted by molar-refractivity contribution is -0.162. The number of hydrogen-bond acceptors (Lipinski definition) is 11. The molecule has 1 aromatic carbocycles. The summed E-state index contributed by atoms with van der Waals surface area (Å²) in [6.07, 6.45) is 5.35. The minimum atomic E-state index is -1.05. The van der Waals surface area contributed by atoms with Crippen molar-refractivity contribution in [2.75, 3.05) is 19.8 Å². The highest BCUT2D eigenvalue weighted by molar-refractivity contribution is 5.76. The average Bonchev–Trinajstić information content (AvgIpc) is 2.93. The molecule has 40 heavy (non-hydrogen) atoms. The van der Waals surface area contributed by atoms with Crippen molar-refractivity contribution >= 4 is 24.2 Å². The zero-order valence-electron chi connectivity index (χ0n) is 23.8. The Morgan fingerprint density at radius 1 is 0.875 bits per heavy atom. The highest BCUT2D eigenvalue weighted by atomic mass is 16.7. The van der Waals surface area contributed by atoms with Gasteiger partial charge >= 0.3 is 24.2 Å². The van der Waals surface area contributed by atoms with Crippen molar-refractivity contribution in [1.82, 2.24) is 0 Å². The molecular weight excluding hydrogens is 522 g/mol. The lowest BCUT2D eigenvalue weighted by Gasteiger charge is -2.22. The zero-order chi connectivity index (χ0) is 29.3. The summed E-state index contributed by atoms with van der Waals surface area (Å²) in [4.78, 5) is 49.0. The van der Waals surface area contributed by atoms with E-state index in [0.717, 1.165) is 44.9 Å². The van der Waals surface area contributed by atoms with Crippen LogP contribution < -0.4 is 15.2 Å². The van der Waals surface area contributed by atoms with Crippen LogP contribution in [0.3, 0.4) is 0 Å². The fourth-order valence-corrected chi connectivity index (χ4v) is 3.99. The van der Waals surface area contributed by atoms with Crippen LogP contribution in [0.15, 0.2) is 18.2 Å². The number of nitrogens with two attached hydrogens (primary N) is 1. The molecule has 1 aromatic rings. The molecule has 0 radical (unpaired) electrons. The third kappa shape index (κ3) is 12.2. The number of carbonyl (C=O) groups excluding carboxylic acids is 4. The third-order valence-corrected chi connectivity index (χ3v) is 6.30. The van der Waals surface area contributed by atoms with E-state index >= 15 is 0 Å². The van der Waals surface area contributed by atoms with Crippen molar-refractivity contribution in [3.8, 4) is 11.5 Å². The molecule has 0 saturated heterocycles. The van der Waals surface area contributed by atoms with E-state index in [9.17, 15) is 19.2 Å². The van der Waals surface area contributed by atoms with Gasteiger partial charge in [0.15, 0.2) is 11.5 Å². The van der Waals surface area contributed by atoms with Crippen LogP contribution in [0.25, 0.3) is 0 Å². The second-order valence-electron chi connectivity index (χ2n) is 9.91. The highest BCUT2D eigenvalue weighted by Crippen LogP contribution is 2.30. The minimum Gasteiger partial charge on any atom is -0.461 e. The van der Waals surface area contributed by atoms with Crippen LogP contribution in [0.2, 0.25) is 0 Å². The van der Waals surface area contributed by atoms with E-state index < -0.39 is 30.4 Å². The van der Waals surface area contributed by atoms with E-state index in [0.29, 0.717) is 18.4 Å². The monoisotopic (exact) mass is 565 g/mol. The smallest absolute Gasteiger partial charge is 0.461 e. The summed E-state index contributed by atoms with van der Waals surface area (Å²) in [5.41, 5.74) is 6.57. The lowest BCUT2D eigenvalue weighted by Crippen LogP contribution is -2.36. The first kappa shape index (κ1) is 32.9. The van der Waals surface area contributed by atoms with Crippen molar-refractivity contribution in [3.63, 3.8) is 0 Å². The molecule has 224 valence electrons. The summed E-state index contributed by atoms with van der Waals surface area (Å²) >= 11 is 0. The van der Waals surface area contributed by atoms with Gasteiger partial charge in [0.25, 0.3) is 0 Å². The maximum atomic E-state index is 12.5. The quantitative estimate of drug-likeness (QED) is 0.129. The number of hydrogen-bond donors (Lipinski definition) is 1. The Labute approximate surface area is 235 Å². The molecule has 0 aliphatic heterocycles. The number of unbranched alkanes of at least 4 members (excludes halogenated alkanes) is 2. The second kappa shape index (κ2) is 18.1. The normalized spacial score (nSPS) is 14.9. The Balaban J connectivity index is 1.96. The Morgan fingerprint density at radius 2 is 1.48 bits per heavy atom. The summed E-state index contributed by atoms with van der Waals surface area (Å²) in [6, 6.07) is 3.37. The highest BCUT2D eigenvalue weighted by Gasteiger charge is 2.25. The molecule has 0 unspecified atom stereocenters. The number of ether oxygens (including phenoxy) is 6. The molecule has 2 atom stereocenters. The van der Waals surface area contributed by atoms with E-state index in [1.165, 1.54) is 12.1 Å². The number of carbonyl (C=O) groups is 4. The maximum absolute atomic E-state index is 12.5. The van der Waals surface area contributed by atoms with Crippen molar-refractivity contribution in [2.24, 2.45) is 11.7 Å². The summed E-state index contributed by atoms with van der Waals surface area (Å²) in [7, 11) is 0. The zero-order valence-corrected chi connectivity index (χ0v) is 23.8. The topological polar surface area (TPSA) is 150 Å². The second-order valence-corrected chi connectivity index (χ2v) is 9.91. The van der Waals surface area contributed by atoms with Gasteiger partial charge in [-0.05, 0) is 56.7 Å². The van der Waals surface area contributed by atoms with Gasteiger partial charge in [0.1, 0.15) is 18.8 Å². The van der Waals surface area contributed by atoms with Crippen LogP contribution in [0, 0.1) is 5.92 Å². The molecule has 1 saturated carbocycles. The molecule has 1 aliphatic rings. The lowest BCUT2D eigenvalue weighted by atomic mass is 9.89. The summed E-state index contributed by atoms with van der Waals surface area (Å²) < 4.78 is 31.2. The molecule has 1 aliphatic carbocycles. The SMILES string of the molecule is CCCCOC(=O)Oc1ccc(C[C@H](N)C(=O)OC[C@H](C)OC(=O)C2CCCCC2)cc1OC(=O)OCCCC. The fraction of sp³-hybridized carbons (Fsp3) is 0.655. The largest absolute Gasteiger partial charge is 0.513 e. The molecule has 0 amide bonds. The summed E-state index contributed by atoms with van der Waals surface area (Å²) in [5.74, 6) is -1.18. The van der Waals surface area contributed by atoms with Gasteiger partial charge in [-0.3, -0.25) is 9.59 Å². The van der Waals surface area contributed by atoms with Crippen LogP contribution in [-0.4, -0.2) is 56.2 Å². The van der Waals surface area contributed by atoms with Crippen molar-refractivity contribution < 1.29 is 47.6 Å². The van der Waals surface area contributed by atoms with Crippen molar-refractivity contribution in [3.05, 3.63) is 23.8 Å². The van der Waals surface area contributed by atoms with E-state index in [-0.39, 0.29) is 49.6 Å². The van der Waals surface area contributed by atoms with E-state index in [2.05, 4.69) is 0 Å². The first-order valence-corrected chi connectivity index (χ1v) is 14.2. The van der Waals surface area contributed by atoms with E-state index in [1.54, 1.807) is 13.0 Å². The Morgan fingerprint density at radius 3 is 2.08 bits per heavy atom. The van der Waals surface area contributed by atoms with Gasteiger partial charge in [0.2, 0.25) is 0 Å². The van der Waals surface area contributed by atoms with Crippen LogP contribution in [0.4, 0.5) is 9.59 Å². The molecule has 2 rings (SSSR count). The molecule has 0 heterocycles. The summed E-state index contributed by atoms with van der Waals surface area (Å²) in [6.45, 7) is 5.82.